The summed E-state index contributed by atoms with van der Waals surface area (Å²) >= 11 is 6.10. The molecule has 3 N–H and O–H groups in total. The molecule has 0 aliphatic heterocycles. The van der Waals surface area contributed by atoms with E-state index in [4.69, 9.17) is 27.3 Å². The number of nitrogens with zero attached hydrogens (tertiary/aromatic N) is 4. The third-order valence-corrected chi connectivity index (χ3v) is 5.88. The second-order valence-electron chi connectivity index (χ2n) is 8.10. The van der Waals surface area contributed by atoms with E-state index in [2.05, 4.69) is 22.6 Å². The molecule has 0 radical (unpaired) electrons. The molecule has 0 saturated heterocycles. The number of benzene rings is 3. The van der Waals surface area contributed by atoms with Crippen LogP contribution in [0.15, 0.2) is 84.0 Å². The van der Waals surface area contributed by atoms with Crippen molar-refractivity contribution in [1.82, 2.24) is 20.0 Å². The fraction of sp³-hybridized carbons (Fsp3) is 0.111. The van der Waals surface area contributed by atoms with E-state index in [1.54, 1.807) is 18.3 Å². The number of aryl methyl sites for hydroxylation is 1. The summed E-state index contributed by atoms with van der Waals surface area (Å²) in [7, 11) is 0. The first-order valence-corrected chi connectivity index (χ1v) is 11.7. The van der Waals surface area contributed by atoms with Crippen molar-refractivity contribution >= 4 is 51.7 Å². The SMILES string of the molecule is Nc1c(C(=O)NCCCc2ccccc2)c2nc3ccccc3nc2n1/N=C/c1cccc(Cl)c1. The normalized spacial score (nSPS) is 11.5. The predicted molar refractivity (Wildman–Crippen MR) is 141 cm³/mol. The minimum absolute atomic E-state index is 0.175. The van der Waals surface area contributed by atoms with Crippen LogP contribution in [-0.4, -0.2) is 33.3 Å². The first-order chi connectivity index (χ1) is 17.1. The largest absolute Gasteiger partial charge is 0.383 e. The molecule has 2 heterocycles. The van der Waals surface area contributed by atoms with Crippen molar-refractivity contribution < 1.29 is 4.79 Å². The van der Waals surface area contributed by atoms with E-state index >= 15 is 0 Å². The summed E-state index contributed by atoms with van der Waals surface area (Å²) in [5.74, 6) is -0.129. The van der Waals surface area contributed by atoms with Gasteiger partial charge in [-0.1, -0.05) is 66.2 Å². The van der Waals surface area contributed by atoms with Crippen molar-refractivity contribution in [2.45, 2.75) is 12.8 Å². The standard InChI is InChI=1S/C27H23ClN6O/c28-20-12-6-10-19(16-20)17-31-34-25(29)23(24-26(34)33-22-14-5-4-13-21(22)32-24)27(35)30-15-7-11-18-8-2-1-3-9-18/h1-6,8-10,12-14,16-17H,7,11,15,29H2,(H,30,35)/b31-17+. The fourth-order valence-electron chi connectivity index (χ4n) is 3.93. The number of nitrogen functional groups attached to an aromatic ring is 1. The first kappa shape index (κ1) is 22.6. The zero-order valence-corrected chi connectivity index (χ0v) is 19.6. The van der Waals surface area contributed by atoms with Gasteiger partial charge in [0.25, 0.3) is 5.91 Å². The number of anilines is 1. The molecule has 174 valence electrons. The molecule has 7 nitrogen and oxygen atoms in total. The Morgan fingerprint density at radius 2 is 1.74 bits per heavy atom. The monoisotopic (exact) mass is 482 g/mol. The zero-order valence-electron chi connectivity index (χ0n) is 18.9. The Morgan fingerprint density at radius 3 is 2.51 bits per heavy atom. The van der Waals surface area contributed by atoms with Crippen molar-refractivity contribution in [3.05, 3.63) is 101 Å². The molecule has 0 fully saturated rings. The maximum atomic E-state index is 13.2. The summed E-state index contributed by atoms with van der Waals surface area (Å²) in [6.07, 6.45) is 3.29. The molecule has 2 aromatic heterocycles. The Balaban J connectivity index is 1.48. The molecule has 3 aromatic carbocycles. The summed E-state index contributed by atoms with van der Waals surface area (Å²) in [5.41, 5.74) is 10.9. The van der Waals surface area contributed by atoms with E-state index in [9.17, 15) is 4.79 Å². The topological polar surface area (TPSA) is 98.2 Å². The van der Waals surface area contributed by atoms with Gasteiger partial charge in [-0.25, -0.2) is 9.97 Å². The van der Waals surface area contributed by atoms with Crippen LogP contribution in [-0.2, 0) is 6.42 Å². The van der Waals surface area contributed by atoms with Gasteiger partial charge in [0.1, 0.15) is 16.9 Å². The van der Waals surface area contributed by atoms with Crippen molar-refractivity contribution in [1.29, 1.82) is 0 Å². The van der Waals surface area contributed by atoms with Crippen molar-refractivity contribution in [2.75, 3.05) is 12.3 Å². The van der Waals surface area contributed by atoms with E-state index in [0.29, 0.717) is 33.8 Å². The van der Waals surface area contributed by atoms with E-state index in [-0.39, 0.29) is 17.3 Å². The molecular weight excluding hydrogens is 460 g/mol. The van der Waals surface area contributed by atoms with Crippen molar-refractivity contribution in [2.24, 2.45) is 5.10 Å². The molecule has 5 rings (SSSR count). The summed E-state index contributed by atoms with van der Waals surface area (Å²) in [6, 6.07) is 24.9. The Hall–Kier alpha value is -4.23. The van der Waals surface area contributed by atoms with Crippen LogP contribution in [0.1, 0.15) is 27.9 Å². The molecule has 0 bridgehead atoms. The molecule has 1 amide bonds. The number of carbonyl (C=O) groups excluding carboxylic acids is 1. The van der Waals surface area contributed by atoms with Gasteiger partial charge >= 0.3 is 0 Å². The Kier molecular flexibility index (Phi) is 6.41. The molecule has 0 saturated carbocycles. The van der Waals surface area contributed by atoms with Gasteiger partial charge in [0, 0.05) is 11.6 Å². The van der Waals surface area contributed by atoms with Gasteiger partial charge in [0.15, 0.2) is 5.65 Å². The molecule has 0 aliphatic rings. The molecule has 35 heavy (non-hydrogen) atoms. The van der Waals surface area contributed by atoms with Crippen LogP contribution in [0.5, 0.6) is 0 Å². The maximum absolute atomic E-state index is 13.2. The van der Waals surface area contributed by atoms with Crippen LogP contribution in [0.2, 0.25) is 5.02 Å². The number of para-hydroxylation sites is 2. The van der Waals surface area contributed by atoms with E-state index < -0.39 is 0 Å². The minimum atomic E-state index is -0.304. The molecule has 5 aromatic rings. The van der Waals surface area contributed by atoms with Gasteiger partial charge < -0.3 is 11.1 Å². The maximum Gasteiger partial charge on any atom is 0.257 e. The fourth-order valence-corrected chi connectivity index (χ4v) is 4.13. The summed E-state index contributed by atoms with van der Waals surface area (Å²) in [4.78, 5) is 22.6. The Morgan fingerprint density at radius 1 is 1.00 bits per heavy atom. The van der Waals surface area contributed by atoms with Gasteiger partial charge in [-0.05, 0) is 48.2 Å². The molecule has 8 heteroatoms. The summed E-state index contributed by atoms with van der Waals surface area (Å²) < 4.78 is 1.45. The van der Waals surface area contributed by atoms with Crippen LogP contribution in [0.3, 0.4) is 0 Å². The molecule has 0 aliphatic carbocycles. The minimum Gasteiger partial charge on any atom is -0.383 e. The van der Waals surface area contributed by atoms with Crippen LogP contribution in [0.4, 0.5) is 5.82 Å². The highest BCUT2D eigenvalue weighted by Crippen LogP contribution is 2.28. The second-order valence-corrected chi connectivity index (χ2v) is 8.54. The smallest absolute Gasteiger partial charge is 0.257 e. The number of fused-ring (bicyclic) bond motifs is 2. The number of hydrogen-bond acceptors (Lipinski definition) is 5. The second kappa shape index (κ2) is 9.95. The third-order valence-electron chi connectivity index (χ3n) is 5.64. The number of rotatable bonds is 7. The Bertz CT molecular complexity index is 1540. The van der Waals surface area contributed by atoms with Gasteiger partial charge in [-0.2, -0.15) is 9.78 Å². The number of carbonyl (C=O) groups is 1. The van der Waals surface area contributed by atoms with Crippen LogP contribution in [0.25, 0.3) is 22.2 Å². The number of nitrogens with two attached hydrogens (primary N) is 1. The average Bonchev–Trinajstić information content (AvgIpc) is 3.14. The first-order valence-electron chi connectivity index (χ1n) is 11.3. The van der Waals surface area contributed by atoms with Gasteiger partial charge in [0.2, 0.25) is 0 Å². The Labute approximate surface area is 207 Å². The van der Waals surface area contributed by atoms with Crippen molar-refractivity contribution in [3.8, 4) is 0 Å². The third kappa shape index (κ3) is 4.85. The number of hydrogen-bond donors (Lipinski definition) is 2. The average molecular weight is 483 g/mol. The van der Waals surface area contributed by atoms with E-state index in [1.165, 1.54) is 10.2 Å². The van der Waals surface area contributed by atoms with Gasteiger partial charge in [-0.3, -0.25) is 4.79 Å². The highest BCUT2D eigenvalue weighted by atomic mass is 35.5. The highest BCUT2D eigenvalue weighted by molar-refractivity contribution is 6.30. The number of aromatic nitrogens is 3. The zero-order chi connectivity index (χ0) is 24.2. The lowest BCUT2D eigenvalue weighted by Crippen LogP contribution is -2.25. The predicted octanol–water partition coefficient (Wildman–Crippen LogP) is 5.06. The quantitative estimate of drug-likeness (QED) is 0.250. The lowest BCUT2D eigenvalue weighted by atomic mass is 10.1. The van der Waals surface area contributed by atoms with Crippen LogP contribution >= 0.6 is 11.6 Å². The highest BCUT2D eigenvalue weighted by Gasteiger charge is 2.23. The number of halogens is 1. The van der Waals surface area contributed by atoms with E-state index in [1.807, 2.05) is 54.6 Å². The number of nitrogens with one attached hydrogen (secondary N) is 1. The van der Waals surface area contributed by atoms with Crippen LogP contribution in [0, 0.1) is 0 Å². The molecule has 0 unspecified atom stereocenters. The molecule has 0 atom stereocenters. The van der Waals surface area contributed by atoms with Gasteiger partial charge in [-0.15, -0.1) is 0 Å². The number of amides is 1. The van der Waals surface area contributed by atoms with Crippen LogP contribution < -0.4 is 11.1 Å². The molecule has 0 spiro atoms. The van der Waals surface area contributed by atoms with Gasteiger partial charge in [0.05, 0.1) is 17.2 Å². The molecular formula is C27H23ClN6O. The lowest BCUT2D eigenvalue weighted by Gasteiger charge is -2.06. The summed E-state index contributed by atoms with van der Waals surface area (Å²) in [6.45, 7) is 0.507. The lowest BCUT2D eigenvalue weighted by molar-refractivity contribution is 0.0955. The van der Waals surface area contributed by atoms with Crippen molar-refractivity contribution in [3.63, 3.8) is 0 Å². The van der Waals surface area contributed by atoms with E-state index in [0.717, 1.165) is 18.4 Å². The summed E-state index contributed by atoms with van der Waals surface area (Å²) in [5, 5.41) is 8.09.